The molecule has 0 N–H and O–H groups in total. The Bertz CT molecular complexity index is 986. The third-order valence-electron chi connectivity index (χ3n) is 8.59. The van der Waals surface area contributed by atoms with Gasteiger partial charge < -0.3 is 18.9 Å². The number of ether oxygens (including phenoxy) is 4. The third kappa shape index (κ3) is 7.19. The second kappa shape index (κ2) is 15.8. The van der Waals surface area contributed by atoms with Crippen LogP contribution in [0.25, 0.3) is 0 Å². The smallest absolute Gasteiger partial charge is 0.330 e. The van der Waals surface area contributed by atoms with Gasteiger partial charge in [-0.25, -0.2) is 9.68 Å². The van der Waals surface area contributed by atoms with Gasteiger partial charge in [0.15, 0.2) is 5.60 Å². The third-order valence-corrected chi connectivity index (χ3v) is 8.59. The summed E-state index contributed by atoms with van der Waals surface area (Å²) in [5.41, 5.74) is -0.596. The molecule has 1 aliphatic heterocycles. The first-order chi connectivity index (χ1) is 19.8. The average molecular weight is 577 g/mol. The van der Waals surface area contributed by atoms with E-state index in [0.29, 0.717) is 13.0 Å². The predicted molar refractivity (Wildman–Crippen MR) is 152 cm³/mol. The topological polar surface area (TPSA) is 107 Å². The van der Waals surface area contributed by atoms with Crippen molar-refractivity contribution in [3.05, 3.63) is 36.0 Å². The lowest BCUT2D eigenvalue weighted by Gasteiger charge is -2.61. The maximum Gasteiger partial charge on any atom is 0.330 e. The molecule has 6 atom stereocenters. The summed E-state index contributed by atoms with van der Waals surface area (Å²) in [6.45, 7) is 4.40. The largest absolute Gasteiger partial charge is 0.466 e. The highest BCUT2D eigenvalue weighted by molar-refractivity contribution is 6.00. The molecule has 3 aliphatic carbocycles. The van der Waals surface area contributed by atoms with Crippen molar-refractivity contribution in [2.75, 3.05) is 27.9 Å². The number of carbonyl (C=O) groups excluding carboxylic acids is 3. The zero-order valence-corrected chi connectivity index (χ0v) is 25.4. The fourth-order valence-electron chi connectivity index (χ4n) is 6.56. The minimum absolute atomic E-state index is 0.126. The zero-order valence-electron chi connectivity index (χ0n) is 25.4. The fraction of sp³-hybridized carbons (Fsp3) is 0.719. The maximum atomic E-state index is 14.1. The number of allylic oxidation sites excluding steroid dienone is 2. The standard InChI is InChI=1S/C32H48O9/c1-6-8-14-18-25-28-24(17-15-12-10-9-11-13-16-19-27(34)39-7-2)31(37-4)22-23(20-21-26(33)36-3)29(28)32(38-5,30(31)35)41-40-25/h15,17,20-22,24-25,28-29H,6-14,16,18-19H2,1-5H3/b17-15-,21-20+/t24?,25-,28?,29?,31?,32?/m0/s1. The molecule has 2 fully saturated rings. The van der Waals surface area contributed by atoms with Crippen LogP contribution in [0.3, 0.4) is 0 Å². The van der Waals surface area contributed by atoms with Crippen LogP contribution in [0, 0.1) is 17.8 Å². The van der Waals surface area contributed by atoms with E-state index in [1.165, 1.54) is 27.4 Å². The number of ketones is 1. The number of hydrogen-bond donors (Lipinski definition) is 0. The molecule has 230 valence electrons. The van der Waals surface area contributed by atoms with Gasteiger partial charge in [-0.15, -0.1) is 0 Å². The first-order valence-corrected chi connectivity index (χ1v) is 15.2. The highest BCUT2D eigenvalue weighted by Crippen LogP contribution is 2.60. The molecule has 1 heterocycles. The number of unbranched alkanes of at least 4 members (excludes halogenated alkanes) is 7. The second-order valence-electron chi connectivity index (χ2n) is 11.0. The van der Waals surface area contributed by atoms with Crippen LogP contribution in [-0.2, 0) is 43.1 Å². The molecular weight excluding hydrogens is 528 g/mol. The van der Waals surface area contributed by atoms with E-state index in [1.807, 2.05) is 13.0 Å². The van der Waals surface area contributed by atoms with Crippen molar-refractivity contribution in [3.63, 3.8) is 0 Å². The Labute approximate surface area is 244 Å². The van der Waals surface area contributed by atoms with Crippen LogP contribution in [0.5, 0.6) is 0 Å². The van der Waals surface area contributed by atoms with Crippen LogP contribution in [0.15, 0.2) is 36.0 Å². The van der Waals surface area contributed by atoms with E-state index in [2.05, 4.69) is 19.1 Å². The van der Waals surface area contributed by atoms with Gasteiger partial charge in [0.25, 0.3) is 5.79 Å². The molecule has 4 aliphatic rings. The van der Waals surface area contributed by atoms with E-state index in [1.54, 1.807) is 6.08 Å². The number of hydrogen-bond acceptors (Lipinski definition) is 9. The monoisotopic (exact) mass is 576 g/mol. The van der Waals surface area contributed by atoms with Crippen LogP contribution in [0.4, 0.5) is 0 Å². The summed E-state index contributed by atoms with van der Waals surface area (Å²) in [7, 11) is 4.30. The van der Waals surface area contributed by atoms with E-state index in [-0.39, 0.29) is 29.7 Å². The number of Topliss-reactive ketones (excluding diaryl/α,β-unsaturated/α-hetero) is 1. The summed E-state index contributed by atoms with van der Waals surface area (Å²) >= 11 is 0. The lowest BCUT2D eigenvalue weighted by molar-refractivity contribution is -0.485. The van der Waals surface area contributed by atoms with Crippen molar-refractivity contribution >= 4 is 17.7 Å². The highest BCUT2D eigenvalue weighted by Gasteiger charge is 2.74. The Balaban J connectivity index is 1.80. The molecule has 0 amide bonds. The highest BCUT2D eigenvalue weighted by atomic mass is 17.2. The van der Waals surface area contributed by atoms with E-state index in [0.717, 1.165) is 69.8 Å². The molecule has 5 unspecified atom stereocenters. The Morgan fingerprint density at radius 3 is 2.44 bits per heavy atom. The molecule has 0 spiro atoms. The molecule has 4 rings (SSSR count). The molecule has 0 aromatic carbocycles. The molecular formula is C32H48O9. The van der Waals surface area contributed by atoms with Crippen molar-refractivity contribution in [1.29, 1.82) is 0 Å². The van der Waals surface area contributed by atoms with E-state index < -0.39 is 23.3 Å². The number of carbonyl (C=O) groups is 3. The van der Waals surface area contributed by atoms with Crippen LogP contribution >= 0.6 is 0 Å². The van der Waals surface area contributed by atoms with Crippen molar-refractivity contribution in [2.45, 2.75) is 102 Å². The molecule has 1 saturated carbocycles. The normalized spacial score (nSPS) is 30.7. The second-order valence-corrected chi connectivity index (χ2v) is 11.0. The summed E-state index contributed by atoms with van der Waals surface area (Å²) in [5, 5.41) is 0. The number of esters is 2. The predicted octanol–water partition coefficient (Wildman–Crippen LogP) is 5.58. The zero-order chi connectivity index (χ0) is 29.9. The van der Waals surface area contributed by atoms with Crippen LogP contribution < -0.4 is 0 Å². The fourth-order valence-corrected chi connectivity index (χ4v) is 6.56. The molecule has 0 radical (unpaired) electrons. The van der Waals surface area contributed by atoms with Crippen molar-refractivity contribution < 1.29 is 43.1 Å². The van der Waals surface area contributed by atoms with Crippen LogP contribution in [0.1, 0.15) is 84.5 Å². The van der Waals surface area contributed by atoms with Gasteiger partial charge >= 0.3 is 11.9 Å². The summed E-state index contributed by atoms with van der Waals surface area (Å²) in [6.07, 6.45) is 19.0. The number of rotatable bonds is 18. The van der Waals surface area contributed by atoms with Gasteiger partial charge in [-0.2, -0.15) is 4.89 Å². The van der Waals surface area contributed by atoms with Gasteiger partial charge in [0.05, 0.1) is 25.7 Å². The first kappa shape index (κ1) is 33.2. The first-order valence-electron chi connectivity index (χ1n) is 15.2. The summed E-state index contributed by atoms with van der Waals surface area (Å²) in [6, 6.07) is 0. The summed E-state index contributed by atoms with van der Waals surface area (Å²) < 4.78 is 21.7. The van der Waals surface area contributed by atoms with Gasteiger partial charge in [-0.1, -0.05) is 63.7 Å². The van der Waals surface area contributed by atoms with Crippen LogP contribution in [-0.4, -0.2) is 63.2 Å². The van der Waals surface area contributed by atoms with Crippen molar-refractivity contribution in [2.24, 2.45) is 17.8 Å². The quantitative estimate of drug-likeness (QED) is 0.0680. The Morgan fingerprint density at radius 2 is 1.76 bits per heavy atom. The van der Waals surface area contributed by atoms with Gasteiger partial charge in [-0.3, -0.25) is 9.59 Å². The lowest BCUT2D eigenvalue weighted by Crippen LogP contribution is -2.76. The Morgan fingerprint density at radius 1 is 1.00 bits per heavy atom. The summed E-state index contributed by atoms with van der Waals surface area (Å²) in [4.78, 5) is 49.3. The van der Waals surface area contributed by atoms with E-state index in [4.69, 9.17) is 28.7 Å². The molecule has 0 aromatic rings. The minimum Gasteiger partial charge on any atom is -0.466 e. The Hall–Kier alpha value is -2.33. The van der Waals surface area contributed by atoms with Crippen LogP contribution in [0.2, 0.25) is 0 Å². The van der Waals surface area contributed by atoms with Crippen molar-refractivity contribution in [1.82, 2.24) is 0 Å². The van der Waals surface area contributed by atoms with Gasteiger partial charge in [0.1, 0.15) is 0 Å². The molecule has 0 aromatic heterocycles. The molecule has 1 saturated heterocycles. The van der Waals surface area contributed by atoms with E-state index in [9.17, 15) is 14.4 Å². The van der Waals surface area contributed by atoms with Crippen molar-refractivity contribution in [3.8, 4) is 0 Å². The lowest BCUT2D eigenvalue weighted by atomic mass is 9.51. The SMILES string of the molecule is CCCCC[C@@H]1OOC2(OC)C(=O)C3(OC)C=C(/C=C/C(=O)OC)C2C1C3/C=C\CCCCCCCC(=O)OCC. The molecule has 4 bridgehead atoms. The van der Waals surface area contributed by atoms with E-state index >= 15 is 0 Å². The number of methoxy groups -OCH3 is 3. The minimum atomic E-state index is -1.67. The Kier molecular flexibility index (Phi) is 12.8. The molecule has 9 heteroatoms. The maximum absolute atomic E-state index is 14.1. The van der Waals surface area contributed by atoms with Gasteiger partial charge in [0, 0.05) is 38.6 Å². The molecule has 41 heavy (non-hydrogen) atoms. The van der Waals surface area contributed by atoms with Gasteiger partial charge in [-0.05, 0) is 44.3 Å². The average Bonchev–Trinajstić information content (AvgIpc) is 2.98. The molecule has 9 nitrogen and oxygen atoms in total. The summed E-state index contributed by atoms with van der Waals surface area (Å²) in [5.74, 6) is -3.55. The van der Waals surface area contributed by atoms with Gasteiger partial charge in [0.2, 0.25) is 5.78 Å².